The molecule has 4 heterocycles. The van der Waals surface area contributed by atoms with Crippen molar-refractivity contribution in [3.8, 4) is 0 Å². The molecule has 2 aromatic heterocycles. The second-order valence-corrected chi connectivity index (χ2v) is 16.8. The minimum Gasteiger partial charge on any atom is -0.481 e. The Bertz CT molecular complexity index is 2450. The molecule has 0 bridgehead atoms. The number of ether oxygens (including phenoxy) is 2. The van der Waals surface area contributed by atoms with Gasteiger partial charge in [-0.2, -0.15) is 27.0 Å². The number of carboxylic acid groups (broad SMARTS) is 1. The number of nitrogens with zero attached hydrogens (tertiary/aromatic N) is 2. The molecule has 0 aliphatic carbocycles. The van der Waals surface area contributed by atoms with Crippen molar-refractivity contribution < 1.29 is 48.1 Å². The van der Waals surface area contributed by atoms with Gasteiger partial charge in [0.1, 0.15) is 23.7 Å². The van der Waals surface area contributed by atoms with E-state index in [0.717, 1.165) is 68.9 Å². The van der Waals surface area contributed by atoms with Gasteiger partial charge in [0, 0.05) is 50.4 Å². The third-order valence-electron chi connectivity index (χ3n) is 10.3. The molecule has 0 spiro atoms. The number of pyridine rings is 2. The van der Waals surface area contributed by atoms with E-state index in [2.05, 4.69) is 46.6 Å². The molecule has 2 aromatic carbocycles. The third kappa shape index (κ3) is 19.9. The second kappa shape index (κ2) is 31.7. The largest absolute Gasteiger partial charge is 0.481 e. The first kappa shape index (κ1) is 61.6. The molecule has 4 amide bonds. The van der Waals surface area contributed by atoms with Gasteiger partial charge >= 0.3 is 17.9 Å². The van der Waals surface area contributed by atoms with Crippen LogP contribution >= 0.6 is 73.4 Å². The summed E-state index contributed by atoms with van der Waals surface area (Å²) in [7, 11) is 2.36. The van der Waals surface area contributed by atoms with Gasteiger partial charge in [-0.05, 0) is 79.6 Å². The normalized spacial score (nSPS) is 12.5. The van der Waals surface area contributed by atoms with Crippen LogP contribution in [0.1, 0.15) is 68.9 Å². The number of carboxylic acids is 1. The number of aliphatic carboxylic acids is 1. The molecule has 0 radical (unpaired) electrons. The number of rotatable bonds is 17. The number of nitrogens with two attached hydrogens (primary N) is 1. The second-order valence-electron chi connectivity index (χ2n) is 15.2. The van der Waals surface area contributed by atoms with E-state index in [4.69, 9.17) is 62.0 Å². The summed E-state index contributed by atoms with van der Waals surface area (Å²) in [4.78, 5) is 91.7. The van der Waals surface area contributed by atoms with Crippen molar-refractivity contribution in [1.82, 2.24) is 31.2 Å². The van der Waals surface area contributed by atoms with Gasteiger partial charge in [0.2, 0.25) is 11.8 Å². The number of methoxy groups -OCH3 is 2. The zero-order valence-corrected chi connectivity index (χ0v) is 43.7. The van der Waals surface area contributed by atoms with Gasteiger partial charge in [0.05, 0.1) is 58.4 Å². The summed E-state index contributed by atoms with van der Waals surface area (Å²) in [5.74, 6) is -2.52. The summed E-state index contributed by atoms with van der Waals surface area (Å²) in [6.45, 7) is 1.20. The molecule has 2 atom stereocenters. The summed E-state index contributed by atoms with van der Waals surface area (Å²) in [5, 5.41) is 25.5. The maximum Gasteiger partial charge on any atom is 0.330 e. The molecule has 386 valence electrons. The van der Waals surface area contributed by atoms with Crippen LogP contribution in [0.5, 0.6) is 0 Å². The van der Waals surface area contributed by atoms with Gasteiger partial charge in [-0.1, -0.05) is 70.7 Å². The lowest BCUT2D eigenvalue weighted by molar-refractivity contribution is -0.143. The van der Waals surface area contributed by atoms with Crippen molar-refractivity contribution in [2.75, 3.05) is 57.6 Å². The Labute approximate surface area is 444 Å². The molecule has 0 unspecified atom stereocenters. The summed E-state index contributed by atoms with van der Waals surface area (Å²) in [5.41, 5.74) is 9.52. The van der Waals surface area contributed by atoms with Crippen molar-refractivity contribution >= 4 is 127 Å². The van der Waals surface area contributed by atoms with Crippen molar-refractivity contribution in [2.45, 2.75) is 63.5 Å². The van der Waals surface area contributed by atoms with E-state index >= 15 is 0 Å². The molecule has 4 aromatic rings. The Hall–Kier alpha value is -5.55. The molecule has 71 heavy (non-hydrogen) atoms. The first-order chi connectivity index (χ1) is 33.0. The third-order valence-corrected chi connectivity index (χ3v) is 11.5. The summed E-state index contributed by atoms with van der Waals surface area (Å²) in [6, 6.07) is 15.0. The lowest BCUT2D eigenvalue weighted by atomic mass is 10.1. The monoisotopic (exact) mass is 1100 g/mol. The summed E-state index contributed by atoms with van der Waals surface area (Å²) >= 11 is 23.8. The van der Waals surface area contributed by atoms with Gasteiger partial charge in [0.25, 0.3) is 11.8 Å². The van der Waals surface area contributed by atoms with Crippen molar-refractivity contribution in [3.63, 3.8) is 0 Å². The van der Waals surface area contributed by atoms with E-state index in [1.807, 2.05) is 24.3 Å². The number of hydrogen-bond donors (Lipinski definition) is 8. The Morgan fingerprint density at radius 1 is 0.648 bits per heavy atom. The van der Waals surface area contributed by atoms with Crippen LogP contribution < -0.4 is 37.6 Å². The van der Waals surface area contributed by atoms with Crippen LogP contribution in [-0.2, 0) is 59.1 Å². The Morgan fingerprint density at radius 2 is 1.08 bits per heavy atom. The fourth-order valence-corrected chi connectivity index (χ4v) is 7.76. The van der Waals surface area contributed by atoms with Gasteiger partial charge in [-0.3, -0.25) is 24.0 Å². The van der Waals surface area contributed by atoms with E-state index in [-0.39, 0.29) is 96.6 Å². The maximum absolute atomic E-state index is 12.6. The van der Waals surface area contributed by atoms with Gasteiger partial charge < -0.3 is 52.2 Å². The number of anilines is 2. The van der Waals surface area contributed by atoms with Crippen LogP contribution in [0.3, 0.4) is 0 Å². The minimum atomic E-state index is -1.20. The van der Waals surface area contributed by atoms with E-state index in [1.54, 1.807) is 12.1 Å². The Balaban J connectivity index is 0.000000411. The Kier molecular flexibility index (Phi) is 27.5. The molecule has 6 rings (SSSR count). The first-order valence-corrected chi connectivity index (χ1v) is 23.1. The predicted octanol–water partition coefficient (Wildman–Crippen LogP) is 4.79. The van der Waals surface area contributed by atoms with Crippen molar-refractivity contribution in [2.24, 2.45) is 5.73 Å². The number of amides is 4. The van der Waals surface area contributed by atoms with E-state index in [1.165, 1.54) is 42.5 Å². The Morgan fingerprint density at radius 3 is 1.52 bits per heavy atom. The highest BCUT2D eigenvalue weighted by atomic mass is 35.5. The SMILES string of the molecule is COC(=O)[C@H](CN)NC(=O)c1c(Cl)cccc1Cl.COC(=O)[C@H](CNC(=O)CNC(=O)CCc1ccc2c(n1)NCCC2)NC(=O)c1c(Cl)cccc1Cl.O=C(O)CCc1ccc2c(n1)NCCC2.S.S. The molecular formula is C46H57Cl4N9O10S2. The van der Waals surface area contributed by atoms with Crippen LogP contribution in [0.4, 0.5) is 11.6 Å². The molecule has 0 saturated carbocycles. The predicted molar refractivity (Wildman–Crippen MR) is 282 cm³/mol. The number of aryl methyl sites for hydroxylation is 4. The number of nitrogens with one attached hydrogen (secondary N) is 6. The molecule has 0 saturated heterocycles. The highest BCUT2D eigenvalue weighted by Crippen LogP contribution is 2.26. The zero-order chi connectivity index (χ0) is 50.5. The average Bonchev–Trinajstić information content (AvgIpc) is 3.34. The smallest absolute Gasteiger partial charge is 0.330 e. The van der Waals surface area contributed by atoms with Crippen molar-refractivity contribution in [3.05, 3.63) is 114 Å². The van der Waals surface area contributed by atoms with Crippen LogP contribution in [0.2, 0.25) is 20.1 Å². The number of esters is 2. The van der Waals surface area contributed by atoms with E-state index in [9.17, 15) is 33.6 Å². The molecule has 2 aliphatic heterocycles. The van der Waals surface area contributed by atoms with E-state index in [0.29, 0.717) is 12.8 Å². The average molecular weight is 1100 g/mol. The van der Waals surface area contributed by atoms with Crippen LogP contribution in [0, 0.1) is 0 Å². The molecule has 19 nitrogen and oxygen atoms in total. The highest BCUT2D eigenvalue weighted by Gasteiger charge is 2.26. The summed E-state index contributed by atoms with van der Waals surface area (Å²) in [6.07, 6.45) is 5.51. The number of aromatic nitrogens is 2. The quantitative estimate of drug-likeness (QED) is 0.0660. The van der Waals surface area contributed by atoms with Crippen LogP contribution in [0.15, 0.2) is 60.7 Å². The number of hydrogen-bond acceptors (Lipinski definition) is 14. The lowest BCUT2D eigenvalue weighted by Crippen LogP contribution is -2.50. The fraction of sp³-hybridized carbons (Fsp3) is 0.370. The molecule has 0 fully saturated rings. The van der Waals surface area contributed by atoms with E-state index < -0.39 is 47.7 Å². The zero-order valence-electron chi connectivity index (χ0n) is 38.7. The maximum atomic E-state index is 12.6. The lowest BCUT2D eigenvalue weighted by Gasteiger charge is -2.18. The first-order valence-electron chi connectivity index (χ1n) is 21.6. The minimum absolute atomic E-state index is 0. The number of carbonyl (C=O) groups is 7. The topological polar surface area (TPSA) is 282 Å². The molecular weight excluding hydrogens is 1040 g/mol. The van der Waals surface area contributed by atoms with Gasteiger partial charge in [-0.15, -0.1) is 0 Å². The van der Waals surface area contributed by atoms with Gasteiger partial charge in [-0.25, -0.2) is 19.6 Å². The van der Waals surface area contributed by atoms with Crippen LogP contribution in [-0.4, -0.2) is 116 Å². The summed E-state index contributed by atoms with van der Waals surface area (Å²) < 4.78 is 9.20. The fourth-order valence-electron chi connectivity index (χ4n) is 6.62. The standard InChI is InChI=1S/C24H27Cl2N5O5.C11H12Cl2N2O3.C11H14N2O2.2H2S/c1-36-24(35)18(31-23(34)21-16(25)5-2-6-17(21)26)12-28-20(33)13-29-19(32)10-9-15-8-7-14-4-3-11-27-22(14)30-15;1-18-11(17)8(5-14)15-10(16)9-6(12)3-2-4-7(9)13;14-10(15)6-5-9-4-3-8-2-1-7-12-11(8)13-9;;/h2,5-8,18H,3-4,9-13H2,1H3,(H,27,30)(H,28,33)(H,29,32)(H,31,34);2-4,8H,5,14H2,1H3,(H,15,16);3-4H,1-2,5-7H2,(H,12,13)(H,14,15);2*1H2/t18-;8-;;;/m00.../s1. The number of fused-ring (bicyclic) bond motifs is 2. The number of carbonyl (C=O) groups excluding carboxylic acids is 6. The molecule has 9 N–H and O–H groups in total. The molecule has 25 heteroatoms. The number of halogens is 4. The van der Waals surface area contributed by atoms with Gasteiger partial charge in [0.15, 0.2) is 0 Å². The van der Waals surface area contributed by atoms with Crippen molar-refractivity contribution in [1.29, 1.82) is 0 Å². The number of benzene rings is 2. The highest BCUT2D eigenvalue weighted by molar-refractivity contribution is 7.59. The van der Waals surface area contributed by atoms with Crippen LogP contribution in [0.25, 0.3) is 0 Å². The molecule has 2 aliphatic rings.